The van der Waals surface area contributed by atoms with Gasteiger partial charge in [-0.25, -0.2) is 4.79 Å². The van der Waals surface area contributed by atoms with Crippen molar-refractivity contribution in [2.45, 2.75) is 40.5 Å². The van der Waals surface area contributed by atoms with Crippen LogP contribution in [0.15, 0.2) is 18.2 Å². The van der Waals surface area contributed by atoms with Gasteiger partial charge in [0.2, 0.25) is 0 Å². The molecule has 3 N–H and O–H groups in total. The van der Waals surface area contributed by atoms with Crippen molar-refractivity contribution in [2.75, 3.05) is 18.5 Å². The highest BCUT2D eigenvalue weighted by Gasteiger charge is 2.12. The number of aliphatic hydroxyl groups is 1. The van der Waals surface area contributed by atoms with Gasteiger partial charge >= 0.3 is 6.03 Å². The van der Waals surface area contributed by atoms with Gasteiger partial charge in [-0.05, 0) is 55.7 Å². The molecule has 1 atom stereocenters. The number of aliphatic hydroxyl groups excluding tert-OH is 1. The maximum atomic E-state index is 12.0. The van der Waals surface area contributed by atoms with Gasteiger partial charge in [-0.3, -0.25) is 0 Å². The number of urea groups is 1. The summed E-state index contributed by atoms with van der Waals surface area (Å²) in [6, 6.07) is 5.81. The second-order valence-electron chi connectivity index (χ2n) is 6.16. The first-order chi connectivity index (χ1) is 9.92. The number of rotatable bonds is 7. The summed E-state index contributed by atoms with van der Waals surface area (Å²) in [7, 11) is 0. The highest BCUT2D eigenvalue weighted by molar-refractivity contribution is 5.90. The first-order valence-corrected chi connectivity index (χ1v) is 7.65. The second kappa shape index (κ2) is 8.67. The summed E-state index contributed by atoms with van der Waals surface area (Å²) in [4.78, 5) is 12.0. The van der Waals surface area contributed by atoms with E-state index in [0.29, 0.717) is 18.4 Å². The Kier molecular flexibility index (Phi) is 7.23. The number of carbonyl (C=O) groups is 1. The number of anilines is 1. The zero-order valence-electron chi connectivity index (χ0n) is 13.6. The monoisotopic (exact) mass is 292 g/mol. The normalized spacial score (nSPS) is 12.3. The molecule has 0 aliphatic carbocycles. The van der Waals surface area contributed by atoms with Crippen molar-refractivity contribution in [3.05, 3.63) is 29.3 Å². The van der Waals surface area contributed by atoms with Crippen LogP contribution < -0.4 is 10.6 Å². The number of hydrogen-bond acceptors (Lipinski definition) is 2. The van der Waals surface area contributed by atoms with E-state index in [1.165, 1.54) is 0 Å². The molecule has 0 bridgehead atoms. The van der Waals surface area contributed by atoms with Gasteiger partial charge in [0.05, 0.1) is 0 Å². The maximum absolute atomic E-state index is 12.0. The minimum Gasteiger partial charge on any atom is -0.396 e. The minimum absolute atomic E-state index is 0.164. The lowest BCUT2D eigenvalue weighted by molar-refractivity contribution is 0.231. The van der Waals surface area contributed by atoms with Gasteiger partial charge in [-0.15, -0.1) is 0 Å². The number of hydrogen-bond donors (Lipinski definition) is 3. The van der Waals surface area contributed by atoms with Crippen LogP contribution in [0.25, 0.3) is 0 Å². The lowest BCUT2D eigenvalue weighted by Gasteiger charge is -2.19. The second-order valence-corrected chi connectivity index (χ2v) is 6.16. The van der Waals surface area contributed by atoms with Gasteiger partial charge in [0.1, 0.15) is 0 Å². The van der Waals surface area contributed by atoms with Crippen LogP contribution >= 0.6 is 0 Å². The van der Waals surface area contributed by atoms with Crippen molar-refractivity contribution < 1.29 is 9.90 Å². The summed E-state index contributed by atoms with van der Waals surface area (Å²) in [5, 5.41) is 14.9. The van der Waals surface area contributed by atoms with E-state index in [1.807, 2.05) is 32.0 Å². The van der Waals surface area contributed by atoms with E-state index in [4.69, 9.17) is 5.11 Å². The average molecular weight is 292 g/mol. The Hall–Kier alpha value is -1.55. The molecule has 0 saturated carbocycles. The van der Waals surface area contributed by atoms with Gasteiger partial charge in [0, 0.05) is 18.8 Å². The maximum Gasteiger partial charge on any atom is 0.319 e. The predicted molar refractivity (Wildman–Crippen MR) is 87.6 cm³/mol. The van der Waals surface area contributed by atoms with Crippen LogP contribution in [0.5, 0.6) is 0 Å². The molecule has 0 aliphatic heterocycles. The molecule has 1 aromatic rings. The van der Waals surface area contributed by atoms with Crippen LogP contribution in [-0.4, -0.2) is 24.3 Å². The molecule has 0 aromatic heterocycles. The zero-order chi connectivity index (χ0) is 15.8. The van der Waals surface area contributed by atoms with E-state index in [9.17, 15) is 4.79 Å². The van der Waals surface area contributed by atoms with Gasteiger partial charge in [0.25, 0.3) is 0 Å². The molecule has 118 valence electrons. The fraction of sp³-hybridized carbons (Fsp3) is 0.588. The number of benzene rings is 1. The fourth-order valence-corrected chi connectivity index (χ4v) is 2.43. The third-order valence-corrected chi connectivity index (χ3v) is 3.53. The topological polar surface area (TPSA) is 61.4 Å². The van der Waals surface area contributed by atoms with Gasteiger partial charge in [-0.2, -0.15) is 0 Å². The number of carbonyl (C=O) groups excluding carboxylic acids is 1. The smallest absolute Gasteiger partial charge is 0.319 e. The van der Waals surface area contributed by atoms with Gasteiger partial charge in [0.15, 0.2) is 0 Å². The third-order valence-electron chi connectivity index (χ3n) is 3.53. The molecule has 0 radical (unpaired) electrons. The summed E-state index contributed by atoms with van der Waals surface area (Å²) in [5.41, 5.74) is 3.01. The summed E-state index contributed by atoms with van der Waals surface area (Å²) >= 11 is 0. The zero-order valence-corrected chi connectivity index (χ0v) is 13.6. The molecule has 21 heavy (non-hydrogen) atoms. The minimum atomic E-state index is -0.185. The molecule has 0 heterocycles. The molecule has 0 aliphatic rings. The van der Waals surface area contributed by atoms with E-state index in [0.717, 1.165) is 29.7 Å². The van der Waals surface area contributed by atoms with Crippen molar-refractivity contribution in [1.29, 1.82) is 0 Å². The summed E-state index contributed by atoms with van der Waals surface area (Å²) in [5.74, 6) is 0.879. The highest BCUT2D eigenvalue weighted by Crippen LogP contribution is 2.17. The van der Waals surface area contributed by atoms with Crippen molar-refractivity contribution in [3.8, 4) is 0 Å². The Bertz CT molecular complexity index is 458. The van der Waals surface area contributed by atoms with Crippen molar-refractivity contribution in [1.82, 2.24) is 5.32 Å². The molecular formula is C17H28N2O2. The fourth-order valence-electron chi connectivity index (χ4n) is 2.43. The van der Waals surface area contributed by atoms with Crippen molar-refractivity contribution in [2.24, 2.45) is 11.8 Å². The van der Waals surface area contributed by atoms with E-state index >= 15 is 0 Å². The average Bonchev–Trinajstić information content (AvgIpc) is 2.40. The molecule has 0 saturated heterocycles. The Labute approximate surface area is 128 Å². The van der Waals surface area contributed by atoms with Crippen LogP contribution in [0, 0.1) is 25.7 Å². The van der Waals surface area contributed by atoms with E-state index in [1.54, 1.807) is 0 Å². The van der Waals surface area contributed by atoms with Gasteiger partial charge in [-0.1, -0.05) is 26.0 Å². The standard InChI is InChI=1S/C17H28N2O2/c1-12(2)9-15(7-8-20)11-18-17(21)19-16-10-13(3)5-6-14(16)4/h5-6,10,12,15,20H,7-9,11H2,1-4H3,(H2,18,19,21). The number of nitrogens with one attached hydrogen (secondary N) is 2. The lowest BCUT2D eigenvalue weighted by Crippen LogP contribution is -2.34. The van der Waals surface area contributed by atoms with Crippen LogP contribution in [0.3, 0.4) is 0 Å². The molecule has 1 rings (SSSR count). The van der Waals surface area contributed by atoms with Crippen molar-refractivity contribution in [3.63, 3.8) is 0 Å². The first kappa shape index (κ1) is 17.5. The van der Waals surface area contributed by atoms with E-state index in [2.05, 4.69) is 24.5 Å². The van der Waals surface area contributed by atoms with Crippen LogP contribution in [0.2, 0.25) is 0 Å². The van der Waals surface area contributed by atoms with Crippen LogP contribution in [0.4, 0.5) is 10.5 Å². The Balaban J connectivity index is 2.50. The molecule has 4 nitrogen and oxygen atoms in total. The summed E-state index contributed by atoms with van der Waals surface area (Å²) < 4.78 is 0. The summed E-state index contributed by atoms with van der Waals surface area (Å²) in [6.07, 6.45) is 1.73. The van der Waals surface area contributed by atoms with Crippen molar-refractivity contribution >= 4 is 11.7 Å². The lowest BCUT2D eigenvalue weighted by atomic mass is 9.94. The largest absolute Gasteiger partial charge is 0.396 e. The Morgan fingerprint density at radius 3 is 2.62 bits per heavy atom. The molecule has 1 aromatic carbocycles. The van der Waals surface area contributed by atoms with Crippen LogP contribution in [-0.2, 0) is 0 Å². The molecule has 2 amide bonds. The Morgan fingerprint density at radius 2 is 2.00 bits per heavy atom. The highest BCUT2D eigenvalue weighted by atomic mass is 16.3. The first-order valence-electron chi connectivity index (χ1n) is 7.65. The predicted octanol–water partition coefficient (Wildman–Crippen LogP) is 3.47. The molecule has 4 heteroatoms. The quantitative estimate of drug-likeness (QED) is 0.720. The molecular weight excluding hydrogens is 264 g/mol. The molecule has 1 unspecified atom stereocenters. The summed E-state index contributed by atoms with van der Waals surface area (Å²) in [6.45, 7) is 9.04. The van der Waals surface area contributed by atoms with Crippen LogP contribution in [0.1, 0.15) is 37.8 Å². The molecule has 0 fully saturated rings. The van der Waals surface area contributed by atoms with E-state index in [-0.39, 0.29) is 12.6 Å². The number of aryl methyl sites for hydroxylation is 2. The SMILES string of the molecule is Cc1ccc(C)c(NC(=O)NCC(CCO)CC(C)C)c1. The molecule has 0 spiro atoms. The third kappa shape index (κ3) is 6.63. The number of amides is 2. The Morgan fingerprint density at radius 1 is 1.29 bits per heavy atom. The van der Waals surface area contributed by atoms with E-state index < -0.39 is 0 Å². The van der Waals surface area contributed by atoms with Gasteiger partial charge < -0.3 is 15.7 Å².